The van der Waals surface area contributed by atoms with Gasteiger partial charge in [-0.05, 0) is 39.3 Å². The Balaban J connectivity index is 2.03. The van der Waals surface area contributed by atoms with E-state index >= 15 is 0 Å². The van der Waals surface area contributed by atoms with E-state index in [2.05, 4.69) is 46.4 Å². The zero-order valence-corrected chi connectivity index (χ0v) is 13.1. The molecule has 0 radical (unpaired) electrons. The van der Waals surface area contributed by atoms with Gasteiger partial charge in [0.05, 0.1) is 0 Å². The molecule has 2 heterocycles. The van der Waals surface area contributed by atoms with Crippen LogP contribution >= 0.6 is 0 Å². The van der Waals surface area contributed by atoms with Crippen molar-refractivity contribution in [2.45, 2.75) is 39.7 Å². The molecule has 1 aliphatic heterocycles. The minimum atomic E-state index is 0.500. The van der Waals surface area contributed by atoms with Crippen LogP contribution in [0.3, 0.4) is 0 Å². The van der Waals surface area contributed by atoms with Gasteiger partial charge in [-0.1, -0.05) is 13.8 Å². The van der Waals surface area contributed by atoms with Crippen LogP contribution in [-0.4, -0.2) is 47.6 Å². The minimum absolute atomic E-state index is 0.500. The highest BCUT2D eigenvalue weighted by molar-refractivity contribution is 5.43. The zero-order valence-electron chi connectivity index (χ0n) is 13.1. The lowest BCUT2D eigenvalue weighted by Crippen LogP contribution is -2.43. The van der Waals surface area contributed by atoms with Gasteiger partial charge in [-0.2, -0.15) is 4.98 Å². The van der Waals surface area contributed by atoms with E-state index in [0.717, 1.165) is 43.5 Å². The largest absolute Gasteiger partial charge is 0.367 e. The lowest BCUT2D eigenvalue weighted by atomic mass is 9.94. The molecule has 0 spiro atoms. The van der Waals surface area contributed by atoms with Crippen LogP contribution in [0, 0.1) is 12.8 Å². The highest BCUT2D eigenvalue weighted by Gasteiger charge is 2.24. The third kappa shape index (κ3) is 4.07. The highest BCUT2D eigenvalue weighted by atomic mass is 15.2. The predicted molar refractivity (Wildman–Crippen MR) is 84.2 cm³/mol. The molecule has 0 aromatic carbocycles. The second kappa shape index (κ2) is 6.88. The fraction of sp³-hybridized carbons (Fsp3) is 0.733. The molecule has 1 fully saturated rings. The number of aromatic nitrogens is 2. The molecular weight excluding hydrogens is 250 g/mol. The van der Waals surface area contributed by atoms with E-state index in [9.17, 15) is 0 Å². The number of rotatable bonds is 5. The molecule has 0 amide bonds. The van der Waals surface area contributed by atoms with Gasteiger partial charge in [0.15, 0.2) is 0 Å². The van der Waals surface area contributed by atoms with Crippen LogP contribution in [0.2, 0.25) is 0 Å². The number of hydrogen-bond acceptors (Lipinski definition) is 5. The van der Waals surface area contributed by atoms with Crippen LogP contribution in [0.1, 0.15) is 32.4 Å². The number of anilines is 2. The van der Waals surface area contributed by atoms with E-state index < -0.39 is 0 Å². The summed E-state index contributed by atoms with van der Waals surface area (Å²) in [6.07, 6.45) is 2.24. The first-order valence-electron chi connectivity index (χ1n) is 7.63. The fourth-order valence-corrected chi connectivity index (χ4v) is 2.72. The molecule has 0 bridgehead atoms. The van der Waals surface area contributed by atoms with E-state index in [1.54, 1.807) is 0 Å². The van der Waals surface area contributed by atoms with E-state index in [1.165, 1.54) is 6.42 Å². The topological polar surface area (TPSA) is 53.1 Å². The molecule has 0 saturated carbocycles. The van der Waals surface area contributed by atoms with Crippen LogP contribution in [0.25, 0.3) is 0 Å². The number of nitrogens with one attached hydrogen (secondary N) is 2. The van der Waals surface area contributed by atoms with Gasteiger partial charge >= 0.3 is 0 Å². The molecule has 2 N–H and O–H groups in total. The van der Waals surface area contributed by atoms with Crippen molar-refractivity contribution >= 4 is 11.8 Å². The van der Waals surface area contributed by atoms with Crippen molar-refractivity contribution in [3.63, 3.8) is 0 Å². The van der Waals surface area contributed by atoms with Crippen LogP contribution in [0.4, 0.5) is 11.8 Å². The van der Waals surface area contributed by atoms with Gasteiger partial charge in [0, 0.05) is 30.9 Å². The van der Waals surface area contributed by atoms with Gasteiger partial charge in [-0.3, -0.25) is 0 Å². The third-order valence-electron chi connectivity index (χ3n) is 3.83. The van der Waals surface area contributed by atoms with Crippen molar-refractivity contribution in [1.82, 2.24) is 14.9 Å². The second-order valence-corrected chi connectivity index (χ2v) is 5.92. The molecule has 2 unspecified atom stereocenters. The molecule has 1 aromatic heterocycles. The molecule has 0 aliphatic carbocycles. The maximum Gasteiger partial charge on any atom is 0.224 e. The fourth-order valence-electron chi connectivity index (χ4n) is 2.72. The van der Waals surface area contributed by atoms with E-state index in [1.807, 2.05) is 13.0 Å². The van der Waals surface area contributed by atoms with Crippen LogP contribution in [0.5, 0.6) is 0 Å². The van der Waals surface area contributed by atoms with Gasteiger partial charge in [0.2, 0.25) is 5.95 Å². The summed E-state index contributed by atoms with van der Waals surface area (Å²) in [5.74, 6) is 2.31. The Morgan fingerprint density at radius 2 is 2.20 bits per heavy atom. The molecule has 5 nitrogen and oxygen atoms in total. The molecule has 1 aromatic rings. The average molecular weight is 277 g/mol. The van der Waals surface area contributed by atoms with Gasteiger partial charge in [-0.15, -0.1) is 0 Å². The summed E-state index contributed by atoms with van der Waals surface area (Å²) in [5, 5.41) is 6.85. The average Bonchev–Trinajstić information content (AvgIpc) is 2.39. The molecule has 1 saturated heterocycles. The van der Waals surface area contributed by atoms with Crippen molar-refractivity contribution in [3.8, 4) is 0 Å². The molecule has 5 heteroatoms. The quantitative estimate of drug-likeness (QED) is 0.865. The SMILES string of the molecule is CCCNc1nc(C)cc(NC2CCN(C)CC2C)n1. The Labute approximate surface area is 122 Å². The summed E-state index contributed by atoms with van der Waals surface area (Å²) in [7, 11) is 2.19. The normalized spacial score (nSPS) is 23.6. The van der Waals surface area contributed by atoms with Gasteiger partial charge in [0.1, 0.15) is 5.82 Å². The summed E-state index contributed by atoms with van der Waals surface area (Å²) in [6, 6.07) is 2.53. The molecule has 2 atom stereocenters. The monoisotopic (exact) mass is 277 g/mol. The Kier molecular flexibility index (Phi) is 5.17. The maximum absolute atomic E-state index is 4.57. The standard InChI is InChI=1S/C15H27N5/c1-5-7-16-15-17-12(3)9-14(19-15)18-13-6-8-20(4)10-11(13)2/h9,11,13H,5-8,10H2,1-4H3,(H2,16,17,18,19). The van der Waals surface area contributed by atoms with E-state index in [4.69, 9.17) is 0 Å². The van der Waals surface area contributed by atoms with Crippen molar-refractivity contribution < 1.29 is 0 Å². The Bertz CT molecular complexity index is 434. The third-order valence-corrected chi connectivity index (χ3v) is 3.83. The molecule has 112 valence electrons. The number of piperidine rings is 1. The van der Waals surface area contributed by atoms with Crippen molar-refractivity contribution in [3.05, 3.63) is 11.8 Å². The van der Waals surface area contributed by atoms with E-state index in [0.29, 0.717) is 12.0 Å². The smallest absolute Gasteiger partial charge is 0.224 e. The molecule has 2 rings (SSSR count). The number of likely N-dealkylation sites (tertiary alicyclic amines) is 1. The minimum Gasteiger partial charge on any atom is -0.367 e. The lowest BCUT2D eigenvalue weighted by Gasteiger charge is -2.35. The molecule has 20 heavy (non-hydrogen) atoms. The Morgan fingerprint density at radius 3 is 2.90 bits per heavy atom. The lowest BCUT2D eigenvalue weighted by molar-refractivity contribution is 0.206. The van der Waals surface area contributed by atoms with Gasteiger partial charge in [-0.25, -0.2) is 4.98 Å². The highest BCUT2D eigenvalue weighted by Crippen LogP contribution is 2.20. The summed E-state index contributed by atoms with van der Waals surface area (Å²) in [4.78, 5) is 11.4. The number of hydrogen-bond donors (Lipinski definition) is 2. The first-order chi connectivity index (χ1) is 9.58. The second-order valence-electron chi connectivity index (χ2n) is 5.92. The van der Waals surface area contributed by atoms with Gasteiger partial charge in [0.25, 0.3) is 0 Å². The van der Waals surface area contributed by atoms with Crippen molar-refractivity contribution in [2.24, 2.45) is 5.92 Å². The Morgan fingerprint density at radius 1 is 1.40 bits per heavy atom. The zero-order chi connectivity index (χ0) is 14.5. The first-order valence-corrected chi connectivity index (χ1v) is 7.63. The van der Waals surface area contributed by atoms with Crippen molar-refractivity contribution in [1.29, 1.82) is 0 Å². The summed E-state index contributed by atoms with van der Waals surface area (Å²) < 4.78 is 0. The van der Waals surface area contributed by atoms with Gasteiger partial charge < -0.3 is 15.5 Å². The van der Waals surface area contributed by atoms with Crippen LogP contribution in [0.15, 0.2) is 6.07 Å². The first kappa shape index (κ1) is 15.0. The van der Waals surface area contributed by atoms with E-state index in [-0.39, 0.29) is 0 Å². The number of aryl methyl sites for hydroxylation is 1. The van der Waals surface area contributed by atoms with Crippen LogP contribution in [-0.2, 0) is 0 Å². The Hall–Kier alpha value is -1.36. The predicted octanol–water partition coefficient (Wildman–Crippen LogP) is 2.36. The summed E-state index contributed by atoms with van der Waals surface area (Å²) >= 11 is 0. The molecular formula is C15H27N5. The number of nitrogens with zero attached hydrogens (tertiary/aromatic N) is 3. The van der Waals surface area contributed by atoms with Crippen molar-refractivity contribution in [2.75, 3.05) is 37.3 Å². The summed E-state index contributed by atoms with van der Waals surface area (Å²) in [6.45, 7) is 9.66. The maximum atomic E-state index is 4.57. The summed E-state index contributed by atoms with van der Waals surface area (Å²) in [5.41, 5.74) is 1.00. The molecule has 1 aliphatic rings. The van der Waals surface area contributed by atoms with Crippen LogP contribution < -0.4 is 10.6 Å².